The van der Waals surface area contributed by atoms with E-state index >= 15 is 0 Å². The van der Waals surface area contributed by atoms with Crippen molar-refractivity contribution in [1.29, 1.82) is 0 Å². The Labute approximate surface area is 132 Å². The molecule has 0 atom stereocenters. The number of aryl methyl sites for hydroxylation is 1. The summed E-state index contributed by atoms with van der Waals surface area (Å²) in [6, 6.07) is 7.41. The molecule has 0 spiro atoms. The summed E-state index contributed by atoms with van der Waals surface area (Å²) in [5, 5.41) is 0. The molecule has 0 fully saturated rings. The first-order valence-electron chi connectivity index (χ1n) is 8.11. The van der Waals surface area contributed by atoms with Crippen LogP contribution in [0.1, 0.15) is 57.9 Å². The van der Waals surface area contributed by atoms with Crippen LogP contribution in [-0.4, -0.2) is 18.5 Å². The maximum Gasteiger partial charge on any atom is 0.311 e. The normalized spacial score (nSPS) is 10.3. The van der Waals surface area contributed by atoms with E-state index in [0.717, 1.165) is 37.7 Å². The van der Waals surface area contributed by atoms with Crippen LogP contribution in [0.5, 0.6) is 5.75 Å². The van der Waals surface area contributed by atoms with Crippen molar-refractivity contribution in [3.63, 3.8) is 0 Å². The van der Waals surface area contributed by atoms with Gasteiger partial charge in [-0.3, -0.25) is 9.59 Å². The number of carbonyl (C=O) groups excluding carboxylic acids is 2. The Morgan fingerprint density at radius 3 is 2.50 bits per heavy atom. The van der Waals surface area contributed by atoms with E-state index in [4.69, 9.17) is 9.47 Å². The average Bonchev–Trinajstić information content (AvgIpc) is 2.53. The molecule has 0 aliphatic rings. The molecule has 0 N–H and O–H groups in total. The SMILES string of the molecule is CCCCCCOC(=O)CCC(=O)Oc1cccc(CC)c1. The van der Waals surface area contributed by atoms with Gasteiger partial charge >= 0.3 is 11.9 Å². The van der Waals surface area contributed by atoms with Gasteiger partial charge in [0.25, 0.3) is 0 Å². The van der Waals surface area contributed by atoms with E-state index in [9.17, 15) is 9.59 Å². The zero-order valence-corrected chi connectivity index (χ0v) is 13.6. The fourth-order valence-electron chi connectivity index (χ4n) is 2.00. The number of unbranched alkanes of at least 4 members (excludes halogenated alkanes) is 3. The van der Waals surface area contributed by atoms with Crippen molar-refractivity contribution in [2.45, 2.75) is 58.8 Å². The standard InChI is InChI=1S/C18H26O4/c1-3-5-6-7-13-21-17(19)11-12-18(20)22-16-10-8-9-15(4-2)14-16/h8-10,14H,3-7,11-13H2,1-2H3. The Balaban J connectivity index is 2.20. The quantitative estimate of drug-likeness (QED) is 0.371. The summed E-state index contributed by atoms with van der Waals surface area (Å²) in [5.41, 5.74) is 1.11. The van der Waals surface area contributed by atoms with Gasteiger partial charge < -0.3 is 9.47 Å². The van der Waals surface area contributed by atoms with Crippen LogP contribution in [0.2, 0.25) is 0 Å². The van der Waals surface area contributed by atoms with Gasteiger partial charge in [-0.05, 0) is 30.5 Å². The predicted molar refractivity (Wildman–Crippen MR) is 85.8 cm³/mol. The Kier molecular flexibility index (Phi) is 8.96. The molecule has 1 aromatic carbocycles. The topological polar surface area (TPSA) is 52.6 Å². The van der Waals surface area contributed by atoms with Crippen molar-refractivity contribution in [2.24, 2.45) is 0 Å². The second-order valence-electron chi connectivity index (χ2n) is 5.26. The summed E-state index contributed by atoms with van der Waals surface area (Å²) >= 11 is 0. The smallest absolute Gasteiger partial charge is 0.311 e. The van der Waals surface area contributed by atoms with Crippen LogP contribution in [0.3, 0.4) is 0 Å². The van der Waals surface area contributed by atoms with Gasteiger partial charge in [-0.25, -0.2) is 0 Å². The minimum atomic E-state index is -0.406. The van der Waals surface area contributed by atoms with Crippen LogP contribution >= 0.6 is 0 Å². The summed E-state index contributed by atoms with van der Waals surface area (Å²) < 4.78 is 10.3. The molecule has 0 unspecified atom stereocenters. The minimum Gasteiger partial charge on any atom is -0.466 e. The van der Waals surface area contributed by atoms with Gasteiger partial charge in [0.1, 0.15) is 5.75 Å². The lowest BCUT2D eigenvalue weighted by Gasteiger charge is -2.06. The van der Waals surface area contributed by atoms with E-state index in [1.165, 1.54) is 0 Å². The van der Waals surface area contributed by atoms with Crippen LogP contribution in [0.15, 0.2) is 24.3 Å². The lowest BCUT2D eigenvalue weighted by molar-refractivity contribution is -0.147. The van der Waals surface area contributed by atoms with Gasteiger partial charge in [-0.15, -0.1) is 0 Å². The molecule has 122 valence electrons. The van der Waals surface area contributed by atoms with E-state index in [-0.39, 0.29) is 18.8 Å². The maximum atomic E-state index is 11.7. The Morgan fingerprint density at radius 2 is 1.77 bits per heavy atom. The summed E-state index contributed by atoms with van der Waals surface area (Å²) in [4.78, 5) is 23.2. The summed E-state index contributed by atoms with van der Waals surface area (Å²) in [7, 11) is 0. The second-order valence-corrected chi connectivity index (χ2v) is 5.26. The van der Waals surface area contributed by atoms with E-state index < -0.39 is 5.97 Å². The minimum absolute atomic E-state index is 0.0458. The number of hydrogen-bond donors (Lipinski definition) is 0. The molecule has 4 heteroatoms. The summed E-state index contributed by atoms with van der Waals surface area (Å²) in [6.45, 7) is 4.61. The maximum absolute atomic E-state index is 11.7. The van der Waals surface area contributed by atoms with Crippen molar-refractivity contribution >= 4 is 11.9 Å². The van der Waals surface area contributed by atoms with Gasteiger partial charge in [-0.1, -0.05) is 45.2 Å². The third kappa shape index (κ3) is 7.81. The molecular weight excluding hydrogens is 280 g/mol. The molecule has 0 aliphatic heterocycles. The molecular formula is C18H26O4. The zero-order chi connectivity index (χ0) is 16.2. The highest BCUT2D eigenvalue weighted by Crippen LogP contribution is 2.14. The highest BCUT2D eigenvalue weighted by molar-refractivity contribution is 5.79. The van der Waals surface area contributed by atoms with Crippen molar-refractivity contribution in [2.75, 3.05) is 6.61 Å². The molecule has 0 saturated heterocycles. The second kappa shape index (κ2) is 10.8. The van der Waals surface area contributed by atoms with E-state index in [1.807, 2.05) is 25.1 Å². The fraction of sp³-hybridized carbons (Fsp3) is 0.556. The number of hydrogen-bond acceptors (Lipinski definition) is 4. The molecule has 0 amide bonds. The Hall–Kier alpha value is -1.84. The van der Waals surface area contributed by atoms with E-state index in [2.05, 4.69) is 6.92 Å². The van der Waals surface area contributed by atoms with Crippen LogP contribution < -0.4 is 4.74 Å². The van der Waals surface area contributed by atoms with Gasteiger partial charge in [0.05, 0.1) is 19.4 Å². The van der Waals surface area contributed by atoms with Crippen LogP contribution in [0, 0.1) is 0 Å². The predicted octanol–water partition coefficient (Wildman–Crippen LogP) is 4.06. The highest BCUT2D eigenvalue weighted by Gasteiger charge is 2.10. The third-order valence-corrected chi connectivity index (χ3v) is 3.33. The number of rotatable bonds is 10. The Morgan fingerprint density at radius 1 is 1.00 bits per heavy atom. The van der Waals surface area contributed by atoms with E-state index in [0.29, 0.717) is 12.4 Å². The molecule has 4 nitrogen and oxygen atoms in total. The first-order valence-corrected chi connectivity index (χ1v) is 8.11. The van der Waals surface area contributed by atoms with Gasteiger partial charge in [0, 0.05) is 0 Å². The molecule has 0 saturated carbocycles. The number of carbonyl (C=O) groups is 2. The van der Waals surface area contributed by atoms with Gasteiger partial charge in [0.2, 0.25) is 0 Å². The monoisotopic (exact) mass is 306 g/mol. The lowest BCUT2D eigenvalue weighted by atomic mass is 10.2. The van der Waals surface area contributed by atoms with Gasteiger partial charge in [0.15, 0.2) is 0 Å². The molecule has 0 heterocycles. The van der Waals surface area contributed by atoms with Crippen molar-refractivity contribution < 1.29 is 19.1 Å². The lowest BCUT2D eigenvalue weighted by Crippen LogP contribution is -2.13. The van der Waals surface area contributed by atoms with Crippen LogP contribution in [0.25, 0.3) is 0 Å². The van der Waals surface area contributed by atoms with Gasteiger partial charge in [-0.2, -0.15) is 0 Å². The van der Waals surface area contributed by atoms with Crippen molar-refractivity contribution in [3.05, 3.63) is 29.8 Å². The fourth-order valence-corrected chi connectivity index (χ4v) is 2.00. The first-order chi connectivity index (χ1) is 10.7. The van der Waals surface area contributed by atoms with Crippen molar-refractivity contribution in [1.82, 2.24) is 0 Å². The van der Waals surface area contributed by atoms with Crippen LogP contribution in [0.4, 0.5) is 0 Å². The first kappa shape index (κ1) is 18.2. The number of esters is 2. The molecule has 0 aromatic heterocycles. The summed E-state index contributed by atoms with van der Waals surface area (Å²) in [6.07, 6.45) is 5.26. The van der Waals surface area contributed by atoms with Crippen molar-refractivity contribution in [3.8, 4) is 5.75 Å². The largest absolute Gasteiger partial charge is 0.466 e. The molecule has 0 bridgehead atoms. The molecule has 0 radical (unpaired) electrons. The average molecular weight is 306 g/mol. The summed E-state index contributed by atoms with van der Waals surface area (Å²) in [5.74, 6) is -0.218. The number of ether oxygens (including phenoxy) is 2. The van der Waals surface area contributed by atoms with E-state index in [1.54, 1.807) is 6.07 Å². The third-order valence-electron chi connectivity index (χ3n) is 3.33. The molecule has 22 heavy (non-hydrogen) atoms. The highest BCUT2D eigenvalue weighted by atomic mass is 16.5. The number of benzene rings is 1. The van der Waals surface area contributed by atoms with Crippen LogP contribution in [-0.2, 0) is 20.7 Å². The Bertz CT molecular complexity index is 468. The zero-order valence-electron chi connectivity index (χ0n) is 13.6. The molecule has 1 aromatic rings. The molecule has 1 rings (SSSR count). The molecule has 0 aliphatic carbocycles.